The Kier molecular flexibility index (Phi) is 2.72. The van der Waals surface area contributed by atoms with Gasteiger partial charge in [-0.3, -0.25) is 0 Å². The lowest BCUT2D eigenvalue weighted by Crippen LogP contribution is -2.39. The molecule has 2 aliphatic rings. The van der Waals surface area contributed by atoms with Gasteiger partial charge in [0.25, 0.3) is 0 Å². The van der Waals surface area contributed by atoms with Crippen LogP contribution in [0.4, 0.5) is 0 Å². The molecule has 1 aromatic carbocycles. The van der Waals surface area contributed by atoms with Crippen LogP contribution >= 0.6 is 0 Å². The minimum Gasteiger partial charge on any atom is -0.376 e. The van der Waals surface area contributed by atoms with Gasteiger partial charge in [-0.15, -0.1) is 0 Å². The van der Waals surface area contributed by atoms with Crippen LogP contribution in [-0.4, -0.2) is 6.61 Å². The first-order valence-electron chi connectivity index (χ1n) is 6.51. The topological polar surface area (TPSA) is 9.23 Å². The maximum Gasteiger partial charge on any atom is 0.0717 e. The predicted octanol–water partition coefficient (Wildman–Crippen LogP) is 3.78. The first-order valence-corrected chi connectivity index (χ1v) is 6.51. The molecule has 0 aromatic heterocycles. The van der Waals surface area contributed by atoms with E-state index in [1.165, 1.54) is 37.7 Å². The molecule has 2 fully saturated rings. The van der Waals surface area contributed by atoms with Gasteiger partial charge < -0.3 is 4.74 Å². The van der Waals surface area contributed by atoms with Gasteiger partial charge in [0.05, 0.1) is 13.2 Å². The van der Waals surface area contributed by atoms with Crippen molar-refractivity contribution in [2.24, 2.45) is 11.3 Å². The average molecular weight is 216 g/mol. The first kappa shape index (κ1) is 10.3. The van der Waals surface area contributed by atoms with E-state index >= 15 is 0 Å². The second-order valence-electron chi connectivity index (χ2n) is 5.47. The molecule has 1 aromatic rings. The van der Waals surface area contributed by atoms with Crippen molar-refractivity contribution >= 4 is 0 Å². The predicted molar refractivity (Wildman–Crippen MR) is 65.1 cm³/mol. The van der Waals surface area contributed by atoms with E-state index in [1.54, 1.807) is 0 Å². The number of ether oxygens (including phenoxy) is 1. The van der Waals surface area contributed by atoms with Crippen molar-refractivity contribution in [3.8, 4) is 0 Å². The second kappa shape index (κ2) is 4.21. The lowest BCUT2D eigenvalue weighted by Gasteiger charge is -2.45. The van der Waals surface area contributed by atoms with Gasteiger partial charge >= 0.3 is 0 Å². The van der Waals surface area contributed by atoms with Crippen LogP contribution in [0, 0.1) is 11.3 Å². The van der Waals surface area contributed by atoms with Crippen molar-refractivity contribution in [3.63, 3.8) is 0 Å². The number of hydrogen-bond donors (Lipinski definition) is 0. The molecule has 0 saturated heterocycles. The molecule has 0 amide bonds. The fourth-order valence-electron chi connectivity index (χ4n) is 3.45. The van der Waals surface area contributed by atoms with Gasteiger partial charge in [0.15, 0.2) is 0 Å². The Morgan fingerprint density at radius 3 is 2.69 bits per heavy atom. The molecule has 0 aliphatic heterocycles. The summed E-state index contributed by atoms with van der Waals surface area (Å²) in [6, 6.07) is 10.5. The number of benzene rings is 1. The normalized spacial score (nSPS) is 32.1. The van der Waals surface area contributed by atoms with E-state index in [-0.39, 0.29) is 0 Å². The highest BCUT2D eigenvalue weighted by Crippen LogP contribution is 2.57. The fraction of sp³-hybridized carbons (Fsp3) is 0.600. The van der Waals surface area contributed by atoms with Gasteiger partial charge in [-0.2, -0.15) is 0 Å². The Labute approximate surface area is 97.8 Å². The molecule has 0 unspecified atom stereocenters. The third-order valence-electron chi connectivity index (χ3n) is 4.59. The highest BCUT2D eigenvalue weighted by molar-refractivity contribution is 5.13. The quantitative estimate of drug-likeness (QED) is 0.744. The van der Waals surface area contributed by atoms with E-state index in [9.17, 15) is 0 Å². The van der Waals surface area contributed by atoms with Crippen molar-refractivity contribution in [1.29, 1.82) is 0 Å². The molecule has 86 valence electrons. The number of fused-ring (bicyclic) bond motifs is 1. The van der Waals surface area contributed by atoms with Crippen LogP contribution in [0.15, 0.2) is 30.3 Å². The van der Waals surface area contributed by atoms with Crippen molar-refractivity contribution in [2.45, 2.75) is 38.7 Å². The summed E-state index contributed by atoms with van der Waals surface area (Å²) >= 11 is 0. The summed E-state index contributed by atoms with van der Waals surface area (Å²) in [5, 5.41) is 0. The molecule has 16 heavy (non-hydrogen) atoms. The van der Waals surface area contributed by atoms with Crippen LogP contribution in [0.1, 0.15) is 37.7 Å². The Bertz CT molecular complexity index is 346. The van der Waals surface area contributed by atoms with Gasteiger partial charge in [-0.1, -0.05) is 36.8 Å². The first-order chi connectivity index (χ1) is 7.89. The molecular weight excluding hydrogens is 196 g/mol. The van der Waals surface area contributed by atoms with E-state index in [0.29, 0.717) is 5.41 Å². The molecule has 1 nitrogen and oxygen atoms in total. The van der Waals surface area contributed by atoms with Crippen LogP contribution in [0.5, 0.6) is 0 Å². The smallest absolute Gasteiger partial charge is 0.0717 e. The van der Waals surface area contributed by atoms with Crippen LogP contribution in [-0.2, 0) is 11.3 Å². The molecule has 2 saturated carbocycles. The van der Waals surface area contributed by atoms with Gasteiger partial charge in [-0.25, -0.2) is 0 Å². The summed E-state index contributed by atoms with van der Waals surface area (Å²) < 4.78 is 5.93. The van der Waals surface area contributed by atoms with Gasteiger partial charge in [0, 0.05) is 0 Å². The average Bonchev–Trinajstić information content (AvgIpc) is 2.58. The molecule has 2 atom stereocenters. The van der Waals surface area contributed by atoms with Crippen LogP contribution in [0.2, 0.25) is 0 Å². The summed E-state index contributed by atoms with van der Waals surface area (Å²) in [5.41, 5.74) is 1.89. The molecule has 0 radical (unpaired) electrons. The molecule has 0 heterocycles. The zero-order valence-electron chi connectivity index (χ0n) is 9.82. The van der Waals surface area contributed by atoms with Crippen molar-refractivity contribution in [2.75, 3.05) is 6.61 Å². The molecule has 0 spiro atoms. The van der Waals surface area contributed by atoms with Gasteiger partial charge in [0.2, 0.25) is 0 Å². The summed E-state index contributed by atoms with van der Waals surface area (Å²) in [7, 11) is 0. The van der Waals surface area contributed by atoms with E-state index in [4.69, 9.17) is 4.74 Å². The van der Waals surface area contributed by atoms with Gasteiger partial charge in [-0.05, 0) is 42.6 Å². The number of rotatable bonds is 4. The molecule has 0 N–H and O–H groups in total. The lowest BCUT2D eigenvalue weighted by atomic mass is 9.62. The van der Waals surface area contributed by atoms with E-state index < -0.39 is 0 Å². The van der Waals surface area contributed by atoms with E-state index in [0.717, 1.165) is 19.1 Å². The Morgan fingerprint density at radius 1 is 1.12 bits per heavy atom. The number of hydrogen-bond acceptors (Lipinski definition) is 1. The zero-order valence-corrected chi connectivity index (χ0v) is 9.82. The highest BCUT2D eigenvalue weighted by atomic mass is 16.5. The minimum absolute atomic E-state index is 0.592. The SMILES string of the molecule is c1ccc(COC[C@]23CCC[C@@H]2CC3)cc1. The monoisotopic (exact) mass is 216 g/mol. The maximum absolute atomic E-state index is 5.93. The molecule has 3 rings (SSSR count). The molecule has 0 bridgehead atoms. The van der Waals surface area contributed by atoms with E-state index in [1.807, 2.05) is 0 Å². The maximum atomic E-state index is 5.93. The Hall–Kier alpha value is -0.820. The molecule has 1 heteroatoms. The van der Waals surface area contributed by atoms with Gasteiger partial charge in [0.1, 0.15) is 0 Å². The largest absolute Gasteiger partial charge is 0.376 e. The van der Waals surface area contributed by atoms with Crippen molar-refractivity contribution in [1.82, 2.24) is 0 Å². The highest BCUT2D eigenvalue weighted by Gasteiger charge is 2.49. The van der Waals surface area contributed by atoms with Crippen LogP contribution in [0.25, 0.3) is 0 Å². The van der Waals surface area contributed by atoms with Crippen molar-refractivity contribution < 1.29 is 4.74 Å². The third kappa shape index (κ3) is 1.78. The summed E-state index contributed by atoms with van der Waals surface area (Å²) in [6.07, 6.45) is 7.15. The zero-order chi connectivity index (χ0) is 10.8. The van der Waals surface area contributed by atoms with E-state index in [2.05, 4.69) is 30.3 Å². The summed E-state index contributed by atoms with van der Waals surface area (Å²) in [5.74, 6) is 0.989. The summed E-state index contributed by atoms with van der Waals surface area (Å²) in [6.45, 7) is 1.78. The van der Waals surface area contributed by atoms with Crippen LogP contribution in [0.3, 0.4) is 0 Å². The molecule has 2 aliphatic carbocycles. The Balaban J connectivity index is 1.50. The van der Waals surface area contributed by atoms with Crippen LogP contribution < -0.4 is 0 Å². The fourth-order valence-corrected chi connectivity index (χ4v) is 3.45. The lowest BCUT2D eigenvalue weighted by molar-refractivity contribution is -0.0443. The Morgan fingerprint density at radius 2 is 2.00 bits per heavy atom. The standard InChI is InChI=1S/C15H20O/c1-2-5-13(6-3-1)11-16-12-15-9-4-7-14(15)8-10-15/h1-3,5-6,14H,4,7-12H2/t14-,15-/m1/s1. The molecular formula is C15H20O. The second-order valence-corrected chi connectivity index (χ2v) is 5.47. The minimum atomic E-state index is 0.592. The third-order valence-corrected chi connectivity index (χ3v) is 4.59. The van der Waals surface area contributed by atoms with Crippen molar-refractivity contribution in [3.05, 3.63) is 35.9 Å². The summed E-state index contributed by atoms with van der Waals surface area (Å²) in [4.78, 5) is 0.